The lowest BCUT2D eigenvalue weighted by atomic mass is 10.1. The van der Waals surface area contributed by atoms with Gasteiger partial charge in [-0.25, -0.2) is 4.98 Å². The van der Waals surface area contributed by atoms with Gasteiger partial charge in [-0.1, -0.05) is 27.7 Å². The molecule has 3 nitrogen and oxygen atoms in total. The second-order valence-corrected chi connectivity index (χ2v) is 2.75. The highest BCUT2D eigenvalue weighted by atomic mass is 14.8. The van der Waals surface area contributed by atoms with Crippen LogP contribution in [0.4, 0.5) is 0 Å². The van der Waals surface area contributed by atoms with Gasteiger partial charge in [-0.2, -0.15) is 5.26 Å². The first-order valence-corrected chi connectivity index (χ1v) is 5.00. The average molecular weight is 191 g/mol. The summed E-state index contributed by atoms with van der Waals surface area (Å²) in [6.07, 6.45) is 4.23. The lowest BCUT2D eigenvalue weighted by Gasteiger charge is -2.05. The van der Waals surface area contributed by atoms with Crippen LogP contribution in [0.2, 0.25) is 0 Å². The van der Waals surface area contributed by atoms with Crippen LogP contribution < -0.4 is 0 Å². The second kappa shape index (κ2) is 7.02. The van der Waals surface area contributed by atoms with E-state index in [0.717, 1.165) is 12.1 Å². The predicted octanol–water partition coefficient (Wildman–Crippen LogP) is 2.89. The van der Waals surface area contributed by atoms with E-state index in [0.29, 0.717) is 11.6 Å². The van der Waals surface area contributed by atoms with Crippen molar-refractivity contribution < 1.29 is 0 Å². The molecular formula is C11H17N3. The maximum atomic E-state index is 8.47. The molecule has 76 valence electrons. The summed E-state index contributed by atoms with van der Waals surface area (Å²) < 4.78 is 0. The van der Waals surface area contributed by atoms with Crippen molar-refractivity contribution in [2.45, 2.75) is 40.0 Å². The molecule has 1 heterocycles. The Balaban J connectivity index is 0.000000791. The fraction of sp³-hybridized carbons (Fsp3) is 0.545. The Morgan fingerprint density at radius 1 is 1.36 bits per heavy atom. The molecule has 0 fully saturated rings. The molecule has 0 bridgehead atoms. The fourth-order valence-corrected chi connectivity index (χ4v) is 0.859. The zero-order valence-electron chi connectivity index (χ0n) is 9.28. The third kappa shape index (κ3) is 3.53. The van der Waals surface area contributed by atoms with Crippen LogP contribution in [0.3, 0.4) is 0 Å². The Morgan fingerprint density at radius 3 is 2.36 bits per heavy atom. The standard InChI is InChI=1S/C9H11N3.C2H6/c1-3-7(2)9-6-11-8(4-10)5-12-9;1-2/h5-7H,3H2,1-2H3;1-2H3. The quantitative estimate of drug-likeness (QED) is 0.722. The summed E-state index contributed by atoms with van der Waals surface area (Å²) in [5.74, 6) is 0.422. The largest absolute Gasteiger partial charge is 0.256 e. The highest BCUT2D eigenvalue weighted by Crippen LogP contribution is 2.14. The van der Waals surface area contributed by atoms with Crippen molar-refractivity contribution in [3.8, 4) is 6.07 Å². The predicted molar refractivity (Wildman–Crippen MR) is 56.8 cm³/mol. The minimum atomic E-state index is 0.377. The average Bonchev–Trinajstić information content (AvgIpc) is 2.31. The van der Waals surface area contributed by atoms with E-state index < -0.39 is 0 Å². The topological polar surface area (TPSA) is 49.6 Å². The molecule has 0 aliphatic carbocycles. The molecule has 3 heteroatoms. The first-order chi connectivity index (χ1) is 6.77. The van der Waals surface area contributed by atoms with Crippen LogP contribution in [0, 0.1) is 11.3 Å². The molecule has 0 radical (unpaired) electrons. The van der Waals surface area contributed by atoms with E-state index in [1.807, 2.05) is 19.9 Å². The van der Waals surface area contributed by atoms with E-state index >= 15 is 0 Å². The van der Waals surface area contributed by atoms with Gasteiger partial charge in [-0.15, -0.1) is 0 Å². The van der Waals surface area contributed by atoms with E-state index in [2.05, 4.69) is 23.8 Å². The molecule has 0 N–H and O–H groups in total. The van der Waals surface area contributed by atoms with Crippen molar-refractivity contribution in [1.82, 2.24) is 9.97 Å². The Bertz CT molecular complexity index is 284. The maximum absolute atomic E-state index is 8.47. The van der Waals surface area contributed by atoms with Crippen molar-refractivity contribution in [2.75, 3.05) is 0 Å². The van der Waals surface area contributed by atoms with Gasteiger partial charge in [-0.3, -0.25) is 4.98 Å². The minimum Gasteiger partial charge on any atom is -0.256 e. The molecule has 0 spiro atoms. The zero-order chi connectivity index (χ0) is 11.0. The van der Waals surface area contributed by atoms with Gasteiger partial charge in [0.15, 0.2) is 5.69 Å². The Labute approximate surface area is 85.8 Å². The summed E-state index contributed by atoms with van der Waals surface area (Å²) >= 11 is 0. The third-order valence-corrected chi connectivity index (χ3v) is 1.90. The van der Waals surface area contributed by atoms with Crippen LogP contribution in [-0.4, -0.2) is 9.97 Å². The van der Waals surface area contributed by atoms with E-state index in [1.165, 1.54) is 6.20 Å². The highest BCUT2D eigenvalue weighted by Gasteiger charge is 2.03. The van der Waals surface area contributed by atoms with Crippen molar-refractivity contribution in [3.63, 3.8) is 0 Å². The maximum Gasteiger partial charge on any atom is 0.158 e. The summed E-state index contributed by atoms with van der Waals surface area (Å²) in [5, 5.41) is 8.47. The van der Waals surface area contributed by atoms with Crippen molar-refractivity contribution >= 4 is 0 Å². The van der Waals surface area contributed by atoms with Crippen LogP contribution in [0.25, 0.3) is 0 Å². The van der Waals surface area contributed by atoms with Gasteiger partial charge in [0.05, 0.1) is 18.1 Å². The van der Waals surface area contributed by atoms with Gasteiger partial charge in [0, 0.05) is 0 Å². The zero-order valence-corrected chi connectivity index (χ0v) is 9.28. The SMILES string of the molecule is CC.CCC(C)c1cnc(C#N)cn1. The number of rotatable bonds is 2. The molecule has 0 saturated heterocycles. The normalized spacial score (nSPS) is 10.8. The van der Waals surface area contributed by atoms with E-state index in [9.17, 15) is 0 Å². The molecule has 1 unspecified atom stereocenters. The van der Waals surface area contributed by atoms with Crippen LogP contribution in [0.1, 0.15) is 51.4 Å². The summed E-state index contributed by atoms with van der Waals surface area (Å²) in [6, 6.07) is 1.94. The van der Waals surface area contributed by atoms with Crippen molar-refractivity contribution in [1.29, 1.82) is 5.26 Å². The molecule has 1 rings (SSSR count). The fourth-order valence-electron chi connectivity index (χ4n) is 0.859. The van der Waals surface area contributed by atoms with Gasteiger partial charge in [-0.05, 0) is 12.3 Å². The second-order valence-electron chi connectivity index (χ2n) is 2.75. The lowest BCUT2D eigenvalue weighted by molar-refractivity contribution is 0.702. The molecule has 1 aromatic heterocycles. The molecule has 0 amide bonds. The van der Waals surface area contributed by atoms with E-state index in [4.69, 9.17) is 5.26 Å². The van der Waals surface area contributed by atoms with Crippen LogP contribution in [0.15, 0.2) is 12.4 Å². The molecule has 1 aromatic rings. The lowest BCUT2D eigenvalue weighted by Crippen LogP contribution is -1.97. The first kappa shape index (κ1) is 12.6. The molecule has 0 saturated carbocycles. The van der Waals surface area contributed by atoms with Crippen molar-refractivity contribution in [3.05, 3.63) is 23.8 Å². The number of aromatic nitrogens is 2. The molecular weight excluding hydrogens is 174 g/mol. The van der Waals surface area contributed by atoms with E-state index in [1.54, 1.807) is 6.20 Å². The number of nitriles is 1. The van der Waals surface area contributed by atoms with Gasteiger partial charge in [0.1, 0.15) is 6.07 Å². The van der Waals surface area contributed by atoms with Crippen molar-refractivity contribution in [2.24, 2.45) is 0 Å². The van der Waals surface area contributed by atoms with Gasteiger partial charge in [0.25, 0.3) is 0 Å². The van der Waals surface area contributed by atoms with Crippen LogP contribution >= 0.6 is 0 Å². The molecule has 0 aliphatic heterocycles. The van der Waals surface area contributed by atoms with Gasteiger partial charge >= 0.3 is 0 Å². The minimum absolute atomic E-state index is 0.377. The van der Waals surface area contributed by atoms with Gasteiger partial charge < -0.3 is 0 Å². The third-order valence-electron chi connectivity index (χ3n) is 1.90. The number of nitrogens with zero attached hydrogens (tertiary/aromatic N) is 3. The van der Waals surface area contributed by atoms with Crippen LogP contribution in [-0.2, 0) is 0 Å². The Hall–Kier alpha value is -1.43. The first-order valence-electron chi connectivity index (χ1n) is 5.00. The molecule has 1 atom stereocenters. The Kier molecular flexibility index (Phi) is 6.30. The molecule has 0 aliphatic rings. The summed E-state index contributed by atoms with van der Waals surface area (Å²) in [5.41, 5.74) is 1.33. The smallest absolute Gasteiger partial charge is 0.158 e. The van der Waals surface area contributed by atoms with Crippen LogP contribution in [0.5, 0.6) is 0 Å². The molecule has 14 heavy (non-hydrogen) atoms. The highest BCUT2D eigenvalue weighted by molar-refractivity contribution is 5.17. The molecule has 0 aromatic carbocycles. The Morgan fingerprint density at radius 2 is 2.00 bits per heavy atom. The summed E-state index contributed by atoms with van der Waals surface area (Å²) in [6.45, 7) is 8.20. The summed E-state index contributed by atoms with van der Waals surface area (Å²) in [4.78, 5) is 8.08. The monoisotopic (exact) mass is 191 g/mol. The van der Waals surface area contributed by atoms with E-state index in [-0.39, 0.29) is 0 Å². The van der Waals surface area contributed by atoms with Gasteiger partial charge in [0.2, 0.25) is 0 Å². The number of hydrogen-bond acceptors (Lipinski definition) is 3. The number of hydrogen-bond donors (Lipinski definition) is 0. The summed E-state index contributed by atoms with van der Waals surface area (Å²) in [7, 11) is 0.